The number of nitrogens with one attached hydrogen (secondary N) is 1. The van der Waals surface area contributed by atoms with Crippen LogP contribution in [0.4, 0.5) is 0 Å². The van der Waals surface area contributed by atoms with Crippen molar-refractivity contribution in [3.63, 3.8) is 0 Å². The minimum atomic E-state index is -3.91. The van der Waals surface area contributed by atoms with Crippen LogP contribution in [0.2, 0.25) is 0 Å². The largest absolute Gasteiger partial charge is 0.350 e. The van der Waals surface area contributed by atoms with Gasteiger partial charge in [0.2, 0.25) is 10.0 Å². The van der Waals surface area contributed by atoms with E-state index in [1.165, 1.54) is 6.07 Å². The van der Waals surface area contributed by atoms with E-state index in [9.17, 15) is 13.2 Å². The summed E-state index contributed by atoms with van der Waals surface area (Å²) in [5.41, 5.74) is 0.922. The Morgan fingerprint density at radius 3 is 2.57 bits per heavy atom. The van der Waals surface area contributed by atoms with Crippen LogP contribution in [0.25, 0.3) is 0 Å². The van der Waals surface area contributed by atoms with Crippen LogP contribution in [0.5, 0.6) is 0 Å². The number of carbonyl (C=O) groups excluding carboxylic acids is 1. The molecule has 1 unspecified atom stereocenters. The highest BCUT2D eigenvalue weighted by Crippen LogP contribution is 2.16. The lowest BCUT2D eigenvalue weighted by molar-refractivity contribution is 0.0934. The summed E-state index contributed by atoms with van der Waals surface area (Å²) in [7, 11) is -3.91. The van der Waals surface area contributed by atoms with E-state index < -0.39 is 15.9 Å². The smallest absolute Gasteiger partial charge is 0.252 e. The zero-order valence-electron chi connectivity index (χ0n) is 12.8. The number of aryl methyl sites for hydroxylation is 1. The summed E-state index contributed by atoms with van der Waals surface area (Å²) < 4.78 is 23.1. The molecule has 3 N–H and O–H groups in total. The van der Waals surface area contributed by atoms with Crippen molar-refractivity contribution in [2.75, 3.05) is 0 Å². The monoisotopic (exact) mass is 312 g/mol. The Bertz CT molecular complexity index is 597. The van der Waals surface area contributed by atoms with Gasteiger partial charge in [0.25, 0.3) is 5.91 Å². The van der Waals surface area contributed by atoms with Crippen molar-refractivity contribution in [2.45, 2.75) is 57.4 Å². The van der Waals surface area contributed by atoms with E-state index in [0.717, 1.165) is 31.2 Å². The van der Waals surface area contributed by atoms with E-state index in [1.54, 1.807) is 19.1 Å². The molecule has 1 amide bonds. The summed E-state index contributed by atoms with van der Waals surface area (Å²) in [6.45, 7) is 5.84. The third-order valence-corrected chi connectivity index (χ3v) is 4.27. The minimum absolute atomic E-state index is 0.00195. The Morgan fingerprint density at radius 1 is 1.33 bits per heavy atom. The second-order valence-corrected chi connectivity index (χ2v) is 6.94. The van der Waals surface area contributed by atoms with Gasteiger partial charge in [-0.25, -0.2) is 13.6 Å². The fourth-order valence-electron chi connectivity index (χ4n) is 2.14. The van der Waals surface area contributed by atoms with Crippen molar-refractivity contribution in [3.8, 4) is 0 Å². The minimum Gasteiger partial charge on any atom is -0.350 e. The summed E-state index contributed by atoms with van der Waals surface area (Å²) in [6.07, 6.45) is 4.14. The molecule has 0 aliphatic heterocycles. The standard InChI is InChI=1S/C15H24N2O3S/c1-4-5-6-7-12(3)17-15(18)13-10-11(2)8-9-14(13)21(16,19)20/h8-10,12H,4-7H2,1-3H3,(H,17,18)(H2,16,19,20). The van der Waals surface area contributed by atoms with Gasteiger partial charge in [-0.3, -0.25) is 4.79 Å². The molecule has 1 aromatic rings. The average molecular weight is 312 g/mol. The van der Waals surface area contributed by atoms with Crippen molar-refractivity contribution in [1.29, 1.82) is 0 Å². The number of benzene rings is 1. The molecule has 0 spiro atoms. The Labute approximate surface area is 127 Å². The van der Waals surface area contributed by atoms with Gasteiger partial charge in [-0.15, -0.1) is 0 Å². The first kappa shape index (κ1) is 17.7. The Balaban J connectivity index is 2.89. The quantitative estimate of drug-likeness (QED) is 0.757. The van der Waals surface area contributed by atoms with Crippen LogP contribution in [0.3, 0.4) is 0 Å². The highest BCUT2D eigenvalue weighted by molar-refractivity contribution is 7.89. The van der Waals surface area contributed by atoms with Crippen LogP contribution >= 0.6 is 0 Å². The lowest BCUT2D eigenvalue weighted by atomic mass is 10.1. The zero-order valence-corrected chi connectivity index (χ0v) is 13.7. The summed E-state index contributed by atoms with van der Waals surface area (Å²) in [5, 5.41) is 8.00. The van der Waals surface area contributed by atoms with Gasteiger partial charge < -0.3 is 5.32 Å². The summed E-state index contributed by atoms with van der Waals surface area (Å²) >= 11 is 0. The van der Waals surface area contributed by atoms with E-state index in [4.69, 9.17) is 5.14 Å². The molecule has 0 aromatic heterocycles. The molecular formula is C15H24N2O3S. The van der Waals surface area contributed by atoms with Crippen LogP contribution in [0.1, 0.15) is 55.5 Å². The van der Waals surface area contributed by atoms with Gasteiger partial charge in [-0.05, 0) is 32.4 Å². The topological polar surface area (TPSA) is 89.3 Å². The van der Waals surface area contributed by atoms with Gasteiger partial charge in [0, 0.05) is 6.04 Å². The molecule has 0 fully saturated rings. The van der Waals surface area contributed by atoms with Gasteiger partial charge in [0.15, 0.2) is 0 Å². The maximum Gasteiger partial charge on any atom is 0.252 e. The first-order valence-corrected chi connectivity index (χ1v) is 8.74. The number of unbranched alkanes of at least 4 members (excludes halogenated alkanes) is 2. The van der Waals surface area contributed by atoms with Crippen LogP contribution in [-0.4, -0.2) is 20.4 Å². The van der Waals surface area contributed by atoms with Crippen molar-refractivity contribution in [2.24, 2.45) is 5.14 Å². The van der Waals surface area contributed by atoms with Crippen LogP contribution in [-0.2, 0) is 10.0 Å². The first-order chi connectivity index (χ1) is 9.75. The number of primary sulfonamides is 1. The van der Waals surface area contributed by atoms with E-state index in [0.29, 0.717) is 0 Å². The molecule has 1 atom stereocenters. The fourth-order valence-corrected chi connectivity index (χ4v) is 2.86. The molecular weight excluding hydrogens is 288 g/mol. The van der Waals surface area contributed by atoms with Crippen molar-refractivity contribution >= 4 is 15.9 Å². The maximum absolute atomic E-state index is 12.3. The lowest BCUT2D eigenvalue weighted by Crippen LogP contribution is -2.34. The van der Waals surface area contributed by atoms with Crippen molar-refractivity contribution in [3.05, 3.63) is 29.3 Å². The summed E-state index contributed by atoms with van der Waals surface area (Å²) in [5.74, 6) is -0.397. The zero-order chi connectivity index (χ0) is 16.0. The molecule has 0 saturated carbocycles. The molecule has 1 aromatic carbocycles. The van der Waals surface area contributed by atoms with Gasteiger partial charge in [-0.1, -0.05) is 37.8 Å². The lowest BCUT2D eigenvalue weighted by Gasteiger charge is -2.15. The predicted molar refractivity (Wildman–Crippen MR) is 83.6 cm³/mol. The molecule has 0 heterocycles. The average Bonchev–Trinajstić information content (AvgIpc) is 2.37. The van der Waals surface area contributed by atoms with Crippen LogP contribution < -0.4 is 10.5 Å². The Hall–Kier alpha value is -1.40. The number of hydrogen-bond donors (Lipinski definition) is 2. The van der Waals surface area contributed by atoms with E-state index in [-0.39, 0.29) is 16.5 Å². The molecule has 0 saturated heterocycles. The molecule has 5 nitrogen and oxygen atoms in total. The number of nitrogens with two attached hydrogens (primary N) is 1. The first-order valence-electron chi connectivity index (χ1n) is 7.20. The highest BCUT2D eigenvalue weighted by atomic mass is 32.2. The summed E-state index contributed by atoms with van der Waals surface area (Å²) in [6, 6.07) is 4.55. The molecule has 1 rings (SSSR count). The van der Waals surface area contributed by atoms with E-state index >= 15 is 0 Å². The number of carbonyl (C=O) groups is 1. The number of sulfonamides is 1. The molecule has 0 radical (unpaired) electrons. The van der Waals surface area contributed by atoms with Crippen molar-refractivity contribution in [1.82, 2.24) is 5.32 Å². The van der Waals surface area contributed by atoms with Crippen molar-refractivity contribution < 1.29 is 13.2 Å². The third-order valence-electron chi connectivity index (χ3n) is 3.30. The van der Waals surface area contributed by atoms with E-state index in [1.807, 2.05) is 6.92 Å². The number of rotatable bonds is 7. The normalized spacial score (nSPS) is 13.0. The number of hydrogen-bond acceptors (Lipinski definition) is 3. The predicted octanol–water partition coefficient (Wildman–Crippen LogP) is 2.34. The molecule has 0 bridgehead atoms. The maximum atomic E-state index is 12.3. The van der Waals surface area contributed by atoms with Crippen LogP contribution in [0.15, 0.2) is 23.1 Å². The van der Waals surface area contributed by atoms with Gasteiger partial charge in [0.1, 0.15) is 0 Å². The van der Waals surface area contributed by atoms with E-state index in [2.05, 4.69) is 12.2 Å². The number of amides is 1. The van der Waals surface area contributed by atoms with Gasteiger partial charge >= 0.3 is 0 Å². The van der Waals surface area contributed by atoms with Gasteiger partial charge in [-0.2, -0.15) is 0 Å². The Morgan fingerprint density at radius 2 is 2.00 bits per heavy atom. The fraction of sp³-hybridized carbons (Fsp3) is 0.533. The van der Waals surface area contributed by atoms with Gasteiger partial charge in [0.05, 0.1) is 10.5 Å². The molecule has 118 valence electrons. The second kappa shape index (κ2) is 7.56. The third kappa shape index (κ3) is 5.47. The highest BCUT2D eigenvalue weighted by Gasteiger charge is 2.20. The molecule has 6 heteroatoms. The molecule has 21 heavy (non-hydrogen) atoms. The molecule has 0 aliphatic rings. The molecule has 0 aliphatic carbocycles. The second-order valence-electron chi connectivity index (χ2n) is 5.41. The van der Waals surface area contributed by atoms with Crippen LogP contribution in [0, 0.1) is 6.92 Å². The summed E-state index contributed by atoms with van der Waals surface area (Å²) in [4.78, 5) is 12.1. The SMILES string of the molecule is CCCCCC(C)NC(=O)c1cc(C)ccc1S(N)(=O)=O. The Kier molecular flexibility index (Phi) is 6.36.